The van der Waals surface area contributed by atoms with Crippen LogP contribution in [0.25, 0.3) is 5.69 Å². The van der Waals surface area contributed by atoms with Crippen LogP contribution < -0.4 is 10.4 Å². The second kappa shape index (κ2) is 8.99. The van der Waals surface area contributed by atoms with E-state index in [4.69, 9.17) is 16.3 Å². The van der Waals surface area contributed by atoms with Crippen LogP contribution in [0.15, 0.2) is 59.5 Å². The molecule has 2 heterocycles. The van der Waals surface area contributed by atoms with Gasteiger partial charge in [0, 0.05) is 48.7 Å². The summed E-state index contributed by atoms with van der Waals surface area (Å²) in [5.74, 6) is 0.747. The van der Waals surface area contributed by atoms with E-state index in [0.717, 1.165) is 17.1 Å². The molecule has 31 heavy (non-hydrogen) atoms. The summed E-state index contributed by atoms with van der Waals surface area (Å²) in [6.45, 7) is 5.06. The molecular formula is C23H25ClN4O3. The van der Waals surface area contributed by atoms with Crippen LogP contribution in [-0.4, -0.2) is 58.1 Å². The van der Waals surface area contributed by atoms with Crippen molar-refractivity contribution in [2.45, 2.75) is 13.6 Å². The standard InChI is InChI=1S/C23H25ClN4O3/c1-17-15-27(23(30)28(17)20-7-5-19(24)6-8-20)16-25-11-13-26(14-12-25)22(29)18-3-9-21(31-2)10-4-18/h3-10,15H,11-14,16H2,1-2H3. The Labute approximate surface area is 186 Å². The smallest absolute Gasteiger partial charge is 0.334 e. The van der Waals surface area contributed by atoms with Gasteiger partial charge in [0.2, 0.25) is 0 Å². The van der Waals surface area contributed by atoms with E-state index in [1.807, 2.05) is 30.2 Å². The highest BCUT2D eigenvalue weighted by Gasteiger charge is 2.23. The quantitative estimate of drug-likeness (QED) is 0.612. The topological polar surface area (TPSA) is 59.7 Å². The number of halogens is 1. The van der Waals surface area contributed by atoms with Gasteiger partial charge in [0.15, 0.2) is 0 Å². The summed E-state index contributed by atoms with van der Waals surface area (Å²) in [5.41, 5.74) is 2.22. The van der Waals surface area contributed by atoms with E-state index < -0.39 is 0 Å². The zero-order chi connectivity index (χ0) is 22.0. The maximum absolute atomic E-state index is 13.0. The minimum Gasteiger partial charge on any atom is -0.497 e. The number of methoxy groups -OCH3 is 1. The molecule has 0 unspecified atom stereocenters. The lowest BCUT2D eigenvalue weighted by Gasteiger charge is -2.34. The number of carbonyl (C=O) groups excluding carboxylic acids is 1. The number of rotatable bonds is 5. The molecule has 1 fully saturated rings. The highest BCUT2D eigenvalue weighted by molar-refractivity contribution is 6.30. The van der Waals surface area contributed by atoms with E-state index >= 15 is 0 Å². The minimum atomic E-state index is -0.0865. The lowest BCUT2D eigenvalue weighted by molar-refractivity contribution is 0.0592. The third-order valence-electron chi connectivity index (χ3n) is 5.57. The van der Waals surface area contributed by atoms with Crippen molar-refractivity contribution in [3.8, 4) is 11.4 Å². The van der Waals surface area contributed by atoms with Crippen molar-refractivity contribution in [3.05, 3.63) is 81.5 Å². The molecule has 0 saturated carbocycles. The number of hydrogen-bond acceptors (Lipinski definition) is 4. The number of carbonyl (C=O) groups is 1. The van der Waals surface area contributed by atoms with Crippen LogP contribution in [0.5, 0.6) is 5.75 Å². The van der Waals surface area contributed by atoms with E-state index in [-0.39, 0.29) is 11.6 Å². The molecule has 0 atom stereocenters. The van der Waals surface area contributed by atoms with E-state index in [2.05, 4.69) is 4.90 Å². The van der Waals surface area contributed by atoms with Gasteiger partial charge in [-0.05, 0) is 55.5 Å². The Morgan fingerprint density at radius 1 is 1.00 bits per heavy atom. The monoisotopic (exact) mass is 440 g/mol. The van der Waals surface area contributed by atoms with Crippen molar-refractivity contribution in [2.75, 3.05) is 33.3 Å². The van der Waals surface area contributed by atoms with Gasteiger partial charge in [0.05, 0.1) is 19.5 Å². The van der Waals surface area contributed by atoms with Crippen LogP contribution in [-0.2, 0) is 6.67 Å². The number of nitrogens with zero attached hydrogens (tertiary/aromatic N) is 4. The Hall–Kier alpha value is -3.03. The van der Waals surface area contributed by atoms with E-state index in [1.165, 1.54) is 0 Å². The molecule has 0 aliphatic carbocycles. The Kier molecular flexibility index (Phi) is 6.15. The summed E-state index contributed by atoms with van der Waals surface area (Å²) in [5, 5.41) is 0.635. The van der Waals surface area contributed by atoms with Crippen LogP contribution in [0.3, 0.4) is 0 Å². The van der Waals surface area contributed by atoms with E-state index in [1.54, 1.807) is 52.6 Å². The molecule has 2 aromatic carbocycles. The molecule has 1 amide bonds. The molecule has 8 heteroatoms. The van der Waals surface area contributed by atoms with Crippen molar-refractivity contribution < 1.29 is 9.53 Å². The van der Waals surface area contributed by atoms with Gasteiger partial charge in [-0.15, -0.1) is 0 Å². The van der Waals surface area contributed by atoms with Gasteiger partial charge in [0.1, 0.15) is 5.75 Å². The first-order chi connectivity index (χ1) is 15.0. The van der Waals surface area contributed by atoms with Gasteiger partial charge in [0.25, 0.3) is 5.91 Å². The minimum absolute atomic E-state index is 0.0178. The van der Waals surface area contributed by atoms with Crippen LogP contribution in [0.4, 0.5) is 0 Å². The lowest BCUT2D eigenvalue weighted by Crippen LogP contribution is -2.49. The normalized spacial score (nSPS) is 14.6. The van der Waals surface area contributed by atoms with Crippen molar-refractivity contribution in [2.24, 2.45) is 0 Å². The predicted molar refractivity (Wildman–Crippen MR) is 120 cm³/mol. The zero-order valence-corrected chi connectivity index (χ0v) is 18.4. The Bertz CT molecular complexity index is 1110. The van der Waals surface area contributed by atoms with Crippen LogP contribution in [0.2, 0.25) is 5.02 Å². The zero-order valence-electron chi connectivity index (χ0n) is 17.6. The highest BCUT2D eigenvalue weighted by atomic mass is 35.5. The summed E-state index contributed by atoms with van der Waals surface area (Å²) < 4.78 is 8.54. The SMILES string of the molecule is COc1ccc(C(=O)N2CCN(Cn3cc(C)n(-c4ccc(Cl)cc4)c3=O)CC2)cc1. The Morgan fingerprint density at radius 3 is 2.26 bits per heavy atom. The van der Waals surface area contributed by atoms with E-state index in [9.17, 15) is 9.59 Å². The molecule has 7 nitrogen and oxygen atoms in total. The average Bonchev–Trinajstić information content (AvgIpc) is 3.07. The number of piperazine rings is 1. The van der Waals surface area contributed by atoms with Crippen LogP contribution in [0, 0.1) is 6.92 Å². The molecule has 1 aliphatic rings. The van der Waals surface area contributed by atoms with Crippen molar-refractivity contribution >= 4 is 17.5 Å². The van der Waals surface area contributed by atoms with Crippen LogP contribution >= 0.6 is 11.6 Å². The number of imidazole rings is 1. The first-order valence-electron chi connectivity index (χ1n) is 10.2. The number of benzene rings is 2. The molecule has 4 rings (SSSR count). The summed E-state index contributed by atoms with van der Waals surface area (Å²) in [4.78, 5) is 29.7. The number of aryl methyl sites for hydroxylation is 1. The number of amides is 1. The molecule has 1 aromatic heterocycles. The molecule has 3 aromatic rings. The number of ether oxygens (including phenoxy) is 1. The van der Waals surface area contributed by atoms with Gasteiger partial charge >= 0.3 is 5.69 Å². The first-order valence-corrected chi connectivity index (χ1v) is 10.5. The summed E-state index contributed by atoms with van der Waals surface area (Å²) in [6, 6.07) is 14.4. The molecule has 1 saturated heterocycles. The fourth-order valence-corrected chi connectivity index (χ4v) is 3.97. The Balaban J connectivity index is 1.40. The van der Waals surface area contributed by atoms with Gasteiger partial charge in [-0.1, -0.05) is 11.6 Å². The molecule has 0 N–H and O–H groups in total. The second-order valence-corrected chi connectivity index (χ2v) is 8.05. The first kappa shape index (κ1) is 21.2. The van der Waals surface area contributed by atoms with Gasteiger partial charge in [-0.3, -0.25) is 18.8 Å². The van der Waals surface area contributed by atoms with Crippen molar-refractivity contribution in [3.63, 3.8) is 0 Å². The fraction of sp³-hybridized carbons (Fsp3) is 0.304. The van der Waals surface area contributed by atoms with Gasteiger partial charge in [-0.2, -0.15) is 0 Å². The van der Waals surface area contributed by atoms with Crippen LogP contribution in [0.1, 0.15) is 16.1 Å². The molecule has 0 radical (unpaired) electrons. The van der Waals surface area contributed by atoms with E-state index in [0.29, 0.717) is 43.4 Å². The maximum Gasteiger partial charge on any atom is 0.334 e. The molecule has 1 aliphatic heterocycles. The fourth-order valence-electron chi connectivity index (χ4n) is 3.85. The third-order valence-corrected chi connectivity index (χ3v) is 5.82. The summed E-state index contributed by atoms with van der Waals surface area (Å²) >= 11 is 5.97. The predicted octanol–water partition coefficient (Wildman–Crippen LogP) is 3.02. The van der Waals surface area contributed by atoms with Crippen molar-refractivity contribution in [1.29, 1.82) is 0 Å². The van der Waals surface area contributed by atoms with Gasteiger partial charge < -0.3 is 9.64 Å². The lowest BCUT2D eigenvalue weighted by atomic mass is 10.1. The number of hydrogen-bond donors (Lipinski definition) is 0. The molecule has 0 spiro atoms. The molecular weight excluding hydrogens is 416 g/mol. The van der Waals surface area contributed by atoms with Crippen molar-refractivity contribution in [1.82, 2.24) is 18.9 Å². The highest BCUT2D eigenvalue weighted by Crippen LogP contribution is 2.16. The largest absolute Gasteiger partial charge is 0.497 e. The summed E-state index contributed by atoms with van der Waals surface area (Å²) in [7, 11) is 1.60. The third kappa shape index (κ3) is 4.52. The molecule has 0 bridgehead atoms. The number of aromatic nitrogens is 2. The maximum atomic E-state index is 13.0. The van der Waals surface area contributed by atoms with Gasteiger partial charge in [-0.25, -0.2) is 4.79 Å². The second-order valence-electron chi connectivity index (χ2n) is 7.61. The summed E-state index contributed by atoms with van der Waals surface area (Å²) in [6.07, 6.45) is 1.87. The molecule has 162 valence electrons. The average molecular weight is 441 g/mol. The Morgan fingerprint density at radius 2 is 1.65 bits per heavy atom.